The molecule has 0 bridgehead atoms. The van der Waals surface area contributed by atoms with Gasteiger partial charge in [0.25, 0.3) is 0 Å². The van der Waals surface area contributed by atoms with Gasteiger partial charge in [0.15, 0.2) is 11.7 Å². The Labute approximate surface area is 152 Å². The third-order valence-corrected chi connectivity index (χ3v) is 4.81. The molecular weight excluding hydrogens is 332 g/mol. The topological polar surface area (TPSA) is 108 Å². The lowest BCUT2D eigenvalue weighted by Gasteiger charge is -2.32. The van der Waals surface area contributed by atoms with Gasteiger partial charge in [0, 0.05) is 6.54 Å². The Kier molecular flexibility index (Phi) is 5.33. The van der Waals surface area contributed by atoms with Crippen LogP contribution in [0.2, 0.25) is 0 Å². The lowest BCUT2D eigenvalue weighted by molar-refractivity contribution is -0.141. The quantitative estimate of drug-likeness (QED) is 0.794. The summed E-state index contributed by atoms with van der Waals surface area (Å²) >= 11 is 0. The first kappa shape index (κ1) is 18.1. The molecule has 1 aromatic carbocycles. The molecular formula is C19H22N4O3. The number of carbonyl (C=O) groups is 1. The number of hydrogen-bond donors (Lipinski definition) is 2. The summed E-state index contributed by atoms with van der Waals surface area (Å²) in [5.41, 5.74) is 0.651. The fourth-order valence-electron chi connectivity index (χ4n) is 3.32. The molecule has 3 rings (SSSR count). The van der Waals surface area contributed by atoms with Crippen molar-refractivity contribution in [2.75, 3.05) is 19.0 Å². The van der Waals surface area contributed by atoms with Crippen molar-refractivity contribution in [2.24, 2.45) is 0 Å². The summed E-state index contributed by atoms with van der Waals surface area (Å²) in [6.07, 6.45) is 4.53. The number of aliphatic hydroxyl groups is 1. The van der Waals surface area contributed by atoms with Gasteiger partial charge < -0.3 is 15.2 Å². The van der Waals surface area contributed by atoms with E-state index in [1.807, 2.05) is 24.3 Å². The Morgan fingerprint density at radius 3 is 2.58 bits per heavy atom. The number of nitrogens with one attached hydrogen (secondary N) is 1. The van der Waals surface area contributed by atoms with E-state index in [-0.39, 0.29) is 5.69 Å². The highest BCUT2D eigenvalue weighted by Gasteiger charge is 2.31. The summed E-state index contributed by atoms with van der Waals surface area (Å²) in [6, 6.07) is 9.19. The monoisotopic (exact) mass is 354 g/mol. The SMILES string of the molecule is COC(=O)C(C#N)c1nc2ccccc2nc1NCC1(O)CCCCC1. The molecule has 7 nitrogen and oxygen atoms in total. The van der Waals surface area contributed by atoms with E-state index in [0.29, 0.717) is 23.4 Å². The standard InChI is InChI=1S/C19H22N4O3/c1-26-18(24)13(11-20)16-17(21-12-19(25)9-5-2-6-10-19)23-15-8-4-3-7-14(15)22-16/h3-4,7-8,13,25H,2,5-6,9-10,12H2,1H3,(H,21,23). The fourth-order valence-corrected chi connectivity index (χ4v) is 3.32. The maximum Gasteiger partial charge on any atom is 0.329 e. The molecule has 0 radical (unpaired) electrons. The average molecular weight is 354 g/mol. The largest absolute Gasteiger partial charge is 0.468 e. The molecule has 0 saturated heterocycles. The number of rotatable bonds is 5. The van der Waals surface area contributed by atoms with Crippen molar-refractivity contribution < 1.29 is 14.6 Å². The van der Waals surface area contributed by atoms with Crippen LogP contribution in [0.3, 0.4) is 0 Å². The number of anilines is 1. The van der Waals surface area contributed by atoms with E-state index in [1.54, 1.807) is 6.07 Å². The third-order valence-electron chi connectivity index (χ3n) is 4.81. The molecule has 1 aromatic heterocycles. The molecule has 26 heavy (non-hydrogen) atoms. The second-order valence-electron chi connectivity index (χ2n) is 6.67. The highest BCUT2D eigenvalue weighted by atomic mass is 16.5. The maximum absolute atomic E-state index is 12.0. The van der Waals surface area contributed by atoms with E-state index in [4.69, 9.17) is 4.74 Å². The van der Waals surface area contributed by atoms with Crippen LogP contribution in [0.1, 0.15) is 43.7 Å². The second kappa shape index (κ2) is 7.67. The Morgan fingerprint density at radius 2 is 1.96 bits per heavy atom. The molecule has 0 amide bonds. The van der Waals surface area contributed by atoms with E-state index in [1.165, 1.54) is 7.11 Å². The number of fused-ring (bicyclic) bond motifs is 1. The predicted octanol–water partition coefficient (Wildman–Crippen LogP) is 2.52. The van der Waals surface area contributed by atoms with Gasteiger partial charge in [0.05, 0.1) is 29.8 Å². The molecule has 1 aliphatic carbocycles. The highest BCUT2D eigenvalue weighted by Crippen LogP contribution is 2.30. The van der Waals surface area contributed by atoms with Gasteiger partial charge in [-0.05, 0) is 25.0 Å². The van der Waals surface area contributed by atoms with Crippen LogP contribution < -0.4 is 5.32 Å². The van der Waals surface area contributed by atoms with Gasteiger partial charge in [-0.2, -0.15) is 5.26 Å². The van der Waals surface area contributed by atoms with Crippen molar-refractivity contribution in [1.82, 2.24) is 9.97 Å². The molecule has 1 fully saturated rings. The first-order chi connectivity index (χ1) is 12.6. The Hall–Kier alpha value is -2.72. The number of aromatic nitrogens is 2. The molecule has 0 spiro atoms. The number of nitrogens with zero attached hydrogens (tertiary/aromatic N) is 3. The van der Waals surface area contributed by atoms with Gasteiger partial charge in [-0.15, -0.1) is 0 Å². The summed E-state index contributed by atoms with van der Waals surface area (Å²) < 4.78 is 4.73. The van der Waals surface area contributed by atoms with Gasteiger partial charge in [0.2, 0.25) is 0 Å². The second-order valence-corrected chi connectivity index (χ2v) is 6.67. The van der Waals surface area contributed by atoms with Crippen molar-refractivity contribution in [3.05, 3.63) is 30.0 Å². The van der Waals surface area contributed by atoms with Gasteiger partial charge in [-0.25, -0.2) is 9.97 Å². The number of esters is 1. The Morgan fingerprint density at radius 1 is 1.31 bits per heavy atom. The summed E-state index contributed by atoms with van der Waals surface area (Å²) in [5.74, 6) is -1.53. The summed E-state index contributed by atoms with van der Waals surface area (Å²) in [7, 11) is 1.24. The van der Waals surface area contributed by atoms with Crippen molar-refractivity contribution in [3.8, 4) is 6.07 Å². The normalized spacial score (nSPS) is 17.3. The van der Waals surface area contributed by atoms with Crippen LogP contribution in [-0.4, -0.2) is 40.3 Å². The molecule has 0 aliphatic heterocycles. The number of benzene rings is 1. The molecule has 1 aliphatic rings. The van der Waals surface area contributed by atoms with Crippen LogP contribution >= 0.6 is 0 Å². The van der Waals surface area contributed by atoms with Crippen molar-refractivity contribution in [2.45, 2.75) is 43.6 Å². The highest BCUT2D eigenvalue weighted by molar-refractivity contribution is 5.84. The summed E-state index contributed by atoms with van der Waals surface area (Å²) in [5, 5.41) is 23.3. The van der Waals surface area contributed by atoms with Crippen LogP contribution in [0, 0.1) is 11.3 Å². The average Bonchev–Trinajstić information content (AvgIpc) is 2.67. The van der Waals surface area contributed by atoms with Gasteiger partial charge in [0.1, 0.15) is 5.69 Å². The van der Waals surface area contributed by atoms with Crippen molar-refractivity contribution >= 4 is 22.8 Å². The third kappa shape index (κ3) is 3.75. The van der Waals surface area contributed by atoms with E-state index < -0.39 is 17.5 Å². The lowest BCUT2D eigenvalue weighted by atomic mass is 9.85. The van der Waals surface area contributed by atoms with Crippen molar-refractivity contribution in [1.29, 1.82) is 5.26 Å². The number of nitriles is 1. The first-order valence-corrected chi connectivity index (χ1v) is 8.77. The number of methoxy groups -OCH3 is 1. The number of hydrogen-bond acceptors (Lipinski definition) is 7. The zero-order valence-corrected chi connectivity index (χ0v) is 14.7. The molecule has 1 unspecified atom stereocenters. The van der Waals surface area contributed by atoms with Crippen LogP contribution in [0.15, 0.2) is 24.3 Å². The molecule has 2 N–H and O–H groups in total. The smallest absolute Gasteiger partial charge is 0.329 e. The molecule has 2 aromatic rings. The number of para-hydroxylation sites is 2. The number of ether oxygens (including phenoxy) is 1. The van der Waals surface area contributed by atoms with Gasteiger partial charge in [-0.3, -0.25) is 4.79 Å². The van der Waals surface area contributed by atoms with Gasteiger partial charge in [-0.1, -0.05) is 31.4 Å². The maximum atomic E-state index is 12.0. The molecule has 1 heterocycles. The fraction of sp³-hybridized carbons (Fsp3) is 0.474. The van der Waals surface area contributed by atoms with Crippen LogP contribution in [0.4, 0.5) is 5.82 Å². The van der Waals surface area contributed by atoms with Crippen LogP contribution in [0.25, 0.3) is 11.0 Å². The molecule has 136 valence electrons. The summed E-state index contributed by atoms with van der Waals surface area (Å²) in [6.45, 7) is 0.298. The molecule has 7 heteroatoms. The summed E-state index contributed by atoms with van der Waals surface area (Å²) in [4.78, 5) is 21.0. The van der Waals surface area contributed by atoms with Crippen LogP contribution in [0.5, 0.6) is 0 Å². The van der Waals surface area contributed by atoms with E-state index in [2.05, 4.69) is 15.3 Å². The molecule has 1 saturated carbocycles. The number of carbonyl (C=O) groups excluding carboxylic acids is 1. The minimum atomic E-state index is -1.18. The Bertz CT molecular complexity index is 840. The minimum Gasteiger partial charge on any atom is -0.468 e. The first-order valence-electron chi connectivity index (χ1n) is 8.77. The zero-order valence-electron chi connectivity index (χ0n) is 14.7. The van der Waals surface area contributed by atoms with E-state index in [0.717, 1.165) is 32.1 Å². The zero-order chi connectivity index (χ0) is 18.6. The minimum absolute atomic E-state index is 0.220. The van der Waals surface area contributed by atoms with E-state index in [9.17, 15) is 15.2 Å². The van der Waals surface area contributed by atoms with Crippen LogP contribution in [-0.2, 0) is 9.53 Å². The lowest BCUT2D eigenvalue weighted by Crippen LogP contribution is -2.39. The predicted molar refractivity (Wildman–Crippen MR) is 96.4 cm³/mol. The van der Waals surface area contributed by atoms with Gasteiger partial charge >= 0.3 is 5.97 Å². The Balaban J connectivity index is 1.97. The molecule has 1 atom stereocenters. The van der Waals surface area contributed by atoms with E-state index >= 15 is 0 Å². The van der Waals surface area contributed by atoms with Crippen molar-refractivity contribution in [3.63, 3.8) is 0 Å².